The fraction of sp³-hybridized carbons (Fsp3) is 0.548. The summed E-state index contributed by atoms with van der Waals surface area (Å²) in [5, 5.41) is 5.80. The summed E-state index contributed by atoms with van der Waals surface area (Å²) in [7, 11) is -6.26. The molecule has 16 heteroatoms. The second kappa shape index (κ2) is 11.9. The van der Waals surface area contributed by atoms with Crippen molar-refractivity contribution < 1.29 is 44.1 Å². The Balaban J connectivity index is 1.48. The molecule has 4 aliphatic rings. The van der Waals surface area contributed by atoms with E-state index in [1.54, 1.807) is 31.0 Å². The fourth-order valence-corrected chi connectivity index (χ4v) is 8.83. The first-order valence-corrected chi connectivity index (χ1v) is 17.3. The van der Waals surface area contributed by atoms with Crippen molar-refractivity contribution in [3.8, 4) is 0 Å². The molecule has 256 valence electrons. The molecule has 2 aromatic rings. The number of hydrazine groups is 2. The number of halogens is 6. The van der Waals surface area contributed by atoms with E-state index in [-0.39, 0.29) is 38.2 Å². The molecule has 4 fully saturated rings. The van der Waals surface area contributed by atoms with Gasteiger partial charge in [-0.15, -0.1) is 11.6 Å². The van der Waals surface area contributed by atoms with Crippen LogP contribution < -0.4 is 0 Å². The van der Waals surface area contributed by atoms with Crippen LogP contribution >= 0.6 is 11.6 Å². The Morgan fingerprint density at radius 3 is 2.09 bits per heavy atom. The lowest BCUT2D eigenvalue weighted by molar-refractivity contribution is -0.151. The maximum atomic E-state index is 14.6. The predicted molar refractivity (Wildman–Crippen MR) is 159 cm³/mol. The third kappa shape index (κ3) is 5.32. The van der Waals surface area contributed by atoms with Gasteiger partial charge in [-0.05, 0) is 61.1 Å². The SMILES string of the molecule is CCC1(CCl)CN2C(C(OS(=O)(=O)C(F)(F)F)C3(CC)CN4CCC(c5cccc(F)c5)N4C3=O)CC(c3cccc(F)c3)N2C1=O. The van der Waals surface area contributed by atoms with Crippen LogP contribution in [-0.2, 0) is 23.9 Å². The van der Waals surface area contributed by atoms with E-state index in [1.165, 1.54) is 51.4 Å². The highest BCUT2D eigenvalue weighted by molar-refractivity contribution is 7.87. The fourth-order valence-electron chi connectivity index (χ4n) is 7.75. The van der Waals surface area contributed by atoms with Gasteiger partial charge in [0.25, 0.3) is 0 Å². The maximum absolute atomic E-state index is 14.6. The molecule has 6 unspecified atom stereocenters. The molecule has 47 heavy (non-hydrogen) atoms. The zero-order valence-corrected chi connectivity index (χ0v) is 27.2. The Bertz CT molecular complexity index is 1680. The van der Waals surface area contributed by atoms with Crippen LogP contribution in [0.3, 0.4) is 0 Å². The molecule has 2 aromatic carbocycles. The Morgan fingerprint density at radius 1 is 0.936 bits per heavy atom. The standard InChI is InChI=1S/C31H34ClF5N4O5S/c1-3-29(16-32)17-39-25(15-24(41(39)27(29)42)20-8-6-10-22(34)14-20)26(46-47(44,45)31(35,36)37)30(4-2)18-38-12-11-23(40(38)28(30)43)19-7-5-9-21(33)13-19/h5-10,13-14,23-26H,3-4,11-12,15-18H2,1-2H3. The summed E-state index contributed by atoms with van der Waals surface area (Å²) in [4.78, 5) is 28.6. The van der Waals surface area contributed by atoms with E-state index < -0.39 is 74.1 Å². The van der Waals surface area contributed by atoms with Crippen molar-refractivity contribution >= 4 is 33.5 Å². The maximum Gasteiger partial charge on any atom is 0.523 e. The van der Waals surface area contributed by atoms with E-state index in [1.807, 2.05) is 0 Å². The van der Waals surface area contributed by atoms with Gasteiger partial charge in [0, 0.05) is 25.5 Å². The van der Waals surface area contributed by atoms with Crippen molar-refractivity contribution in [3.63, 3.8) is 0 Å². The van der Waals surface area contributed by atoms with E-state index >= 15 is 0 Å². The van der Waals surface area contributed by atoms with Gasteiger partial charge >= 0.3 is 15.6 Å². The molecule has 0 aliphatic carbocycles. The lowest BCUT2D eigenvalue weighted by atomic mass is 9.74. The van der Waals surface area contributed by atoms with Crippen LogP contribution in [0.4, 0.5) is 22.0 Å². The van der Waals surface area contributed by atoms with E-state index in [2.05, 4.69) is 0 Å². The Morgan fingerprint density at radius 2 is 1.55 bits per heavy atom. The normalized spacial score (nSPS) is 30.8. The first-order chi connectivity index (χ1) is 22.1. The molecule has 0 radical (unpaired) electrons. The molecule has 4 heterocycles. The Kier molecular flexibility index (Phi) is 8.64. The number of carbonyl (C=O) groups is 2. The number of rotatable bonds is 9. The van der Waals surface area contributed by atoms with Crippen molar-refractivity contribution in [2.24, 2.45) is 10.8 Å². The first-order valence-electron chi connectivity index (χ1n) is 15.4. The number of hydrogen-bond donors (Lipinski definition) is 0. The van der Waals surface area contributed by atoms with Gasteiger partial charge in [-0.25, -0.2) is 18.8 Å². The molecular weight excluding hydrogens is 671 g/mol. The second-order valence-corrected chi connectivity index (χ2v) is 14.5. The molecule has 4 aliphatic heterocycles. The zero-order valence-electron chi connectivity index (χ0n) is 25.6. The van der Waals surface area contributed by atoms with E-state index in [0.29, 0.717) is 24.1 Å². The summed E-state index contributed by atoms with van der Waals surface area (Å²) in [5.41, 5.74) is -8.01. The number of amides is 2. The number of alkyl halides is 4. The molecule has 4 saturated heterocycles. The van der Waals surface area contributed by atoms with E-state index in [9.17, 15) is 40.0 Å². The summed E-state index contributed by atoms with van der Waals surface area (Å²) in [5.74, 6) is -2.39. The van der Waals surface area contributed by atoms with Crippen LogP contribution in [0.25, 0.3) is 0 Å². The third-order valence-electron chi connectivity index (χ3n) is 10.3. The molecule has 0 spiro atoms. The average Bonchev–Trinajstić information content (AvgIpc) is 3.75. The van der Waals surface area contributed by atoms with Gasteiger partial charge in [-0.2, -0.15) is 21.6 Å². The van der Waals surface area contributed by atoms with Crippen LogP contribution in [-0.4, -0.2) is 83.4 Å². The quantitative estimate of drug-likeness (QED) is 0.151. The third-order valence-corrected chi connectivity index (χ3v) is 11.9. The van der Waals surface area contributed by atoms with Crippen molar-refractivity contribution in [3.05, 3.63) is 71.3 Å². The van der Waals surface area contributed by atoms with Gasteiger partial charge in [0.1, 0.15) is 17.7 Å². The molecule has 6 atom stereocenters. The molecule has 0 aromatic heterocycles. The number of fused-ring (bicyclic) bond motifs is 2. The molecule has 6 rings (SSSR count). The van der Waals surface area contributed by atoms with Crippen LogP contribution in [0.2, 0.25) is 0 Å². The minimum absolute atomic E-state index is 0.0818. The predicted octanol–water partition coefficient (Wildman–Crippen LogP) is 5.31. The lowest BCUT2D eigenvalue weighted by Gasteiger charge is -2.40. The van der Waals surface area contributed by atoms with Crippen molar-refractivity contribution in [1.82, 2.24) is 20.0 Å². The molecular formula is C31H34ClF5N4O5S. The highest BCUT2D eigenvalue weighted by Gasteiger charge is 2.67. The summed E-state index contributed by atoms with van der Waals surface area (Å²) in [6.45, 7) is 3.34. The second-order valence-electron chi connectivity index (χ2n) is 12.7. The summed E-state index contributed by atoms with van der Waals surface area (Å²) >= 11 is 6.33. The van der Waals surface area contributed by atoms with Crippen LogP contribution in [0.1, 0.15) is 62.7 Å². The van der Waals surface area contributed by atoms with Crippen molar-refractivity contribution in [1.29, 1.82) is 0 Å². The Labute approximate surface area is 274 Å². The molecule has 0 saturated carbocycles. The highest BCUT2D eigenvalue weighted by atomic mass is 35.5. The molecule has 9 nitrogen and oxygen atoms in total. The minimum atomic E-state index is -6.26. The zero-order chi connectivity index (χ0) is 34.1. The minimum Gasteiger partial charge on any atom is -0.273 e. The van der Waals surface area contributed by atoms with Crippen molar-refractivity contribution in [2.45, 2.75) is 69.3 Å². The van der Waals surface area contributed by atoms with Gasteiger partial charge in [-0.3, -0.25) is 23.8 Å². The average molecular weight is 705 g/mol. The highest BCUT2D eigenvalue weighted by Crippen LogP contribution is 2.54. The van der Waals surface area contributed by atoms with Gasteiger partial charge in [0.15, 0.2) is 0 Å². The monoisotopic (exact) mass is 704 g/mol. The Hall–Kier alpha value is -2.85. The lowest BCUT2D eigenvalue weighted by Crippen LogP contribution is -2.57. The largest absolute Gasteiger partial charge is 0.523 e. The smallest absolute Gasteiger partial charge is 0.273 e. The van der Waals surface area contributed by atoms with Gasteiger partial charge in [0.05, 0.1) is 29.0 Å². The summed E-state index contributed by atoms with van der Waals surface area (Å²) < 4.78 is 101. The van der Waals surface area contributed by atoms with Crippen LogP contribution in [0.5, 0.6) is 0 Å². The summed E-state index contributed by atoms with van der Waals surface area (Å²) in [6.07, 6.45) is -1.54. The van der Waals surface area contributed by atoms with E-state index in [0.717, 1.165) is 0 Å². The number of carbonyl (C=O) groups excluding carboxylic acids is 2. The van der Waals surface area contributed by atoms with Crippen LogP contribution in [0.15, 0.2) is 48.5 Å². The van der Waals surface area contributed by atoms with E-state index in [4.69, 9.17) is 15.8 Å². The summed E-state index contributed by atoms with van der Waals surface area (Å²) in [6, 6.07) is 8.26. The topological polar surface area (TPSA) is 90.5 Å². The first kappa shape index (κ1) is 34.0. The van der Waals surface area contributed by atoms with Crippen LogP contribution in [0, 0.1) is 22.5 Å². The molecule has 0 bridgehead atoms. The van der Waals surface area contributed by atoms with Gasteiger partial charge in [-0.1, -0.05) is 38.1 Å². The number of benzene rings is 2. The molecule has 0 N–H and O–H groups in total. The van der Waals surface area contributed by atoms with Gasteiger partial charge in [0.2, 0.25) is 11.8 Å². The van der Waals surface area contributed by atoms with Crippen molar-refractivity contribution in [2.75, 3.05) is 25.5 Å². The van der Waals surface area contributed by atoms with Gasteiger partial charge < -0.3 is 0 Å². The number of nitrogens with zero attached hydrogens (tertiary/aromatic N) is 4. The number of hydrogen-bond acceptors (Lipinski definition) is 7. The molecule has 2 amide bonds.